The number of aliphatic hydroxyl groups excluding tert-OH is 1. The van der Waals surface area contributed by atoms with Crippen LogP contribution in [-0.2, 0) is 0 Å². The smallest absolute Gasteiger partial charge is 0.125 e. The first-order chi connectivity index (χ1) is 7.81. The zero-order valence-corrected chi connectivity index (χ0v) is 10.5. The van der Waals surface area contributed by atoms with Crippen molar-refractivity contribution in [1.29, 1.82) is 0 Å². The Kier molecular flexibility index (Phi) is 6.31. The largest absolute Gasteiger partial charge is 0.396 e. The van der Waals surface area contributed by atoms with E-state index in [1.165, 1.54) is 0 Å². The Hall–Kier alpha value is -0.700. The molecule has 1 saturated carbocycles. The van der Waals surface area contributed by atoms with Gasteiger partial charge in [0.2, 0.25) is 0 Å². The lowest BCUT2D eigenvalue weighted by Gasteiger charge is -2.26. The van der Waals surface area contributed by atoms with Gasteiger partial charge in [0.05, 0.1) is 0 Å². The van der Waals surface area contributed by atoms with E-state index in [1.807, 2.05) is 13.3 Å². The summed E-state index contributed by atoms with van der Waals surface area (Å²) >= 11 is 0. The van der Waals surface area contributed by atoms with E-state index in [4.69, 9.17) is 5.11 Å². The molecule has 0 atom stereocenters. The first-order valence-electron chi connectivity index (χ1n) is 6.41. The SMILES string of the molecule is CCCC=NC(=NC)C1CCC(CO)CC1. The van der Waals surface area contributed by atoms with Crippen molar-refractivity contribution < 1.29 is 5.11 Å². The number of hydrogen-bond donors (Lipinski definition) is 1. The van der Waals surface area contributed by atoms with Crippen LogP contribution >= 0.6 is 0 Å². The molecular formula is C13H24N2O. The molecule has 1 aliphatic rings. The highest BCUT2D eigenvalue weighted by molar-refractivity contribution is 5.91. The molecule has 92 valence electrons. The van der Waals surface area contributed by atoms with Gasteiger partial charge in [0.25, 0.3) is 0 Å². The molecule has 3 nitrogen and oxygen atoms in total. The van der Waals surface area contributed by atoms with Gasteiger partial charge >= 0.3 is 0 Å². The van der Waals surface area contributed by atoms with Crippen molar-refractivity contribution in [2.75, 3.05) is 13.7 Å². The average molecular weight is 224 g/mol. The first-order valence-corrected chi connectivity index (χ1v) is 6.41. The molecule has 0 saturated heterocycles. The molecule has 0 unspecified atom stereocenters. The number of unbranched alkanes of at least 4 members (excludes halogenated alkanes) is 1. The third-order valence-electron chi connectivity index (χ3n) is 3.34. The summed E-state index contributed by atoms with van der Waals surface area (Å²) in [6.45, 7) is 2.49. The summed E-state index contributed by atoms with van der Waals surface area (Å²) in [6.07, 6.45) is 8.64. The van der Waals surface area contributed by atoms with Crippen LogP contribution in [0.25, 0.3) is 0 Å². The summed E-state index contributed by atoms with van der Waals surface area (Å²) in [5.41, 5.74) is 0. The summed E-state index contributed by atoms with van der Waals surface area (Å²) in [5.74, 6) is 2.03. The van der Waals surface area contributed by atoms with Crippen LogP contribution in [0.2, 0.25) is 0 Å². The van der Waals surface area contributed by atoms with Crippen LogP contribution in [0.1, 0.15) is 45.4 Å². The van der Waals surface area contributed by atoms with E-state index in [0.717, 1.165) is 44.4 Å². The van der Waals surface area contributed by atoms with Gasteiger partial charge in [0.15, 0.2) is 0 Å². The number of nitrogens with zero attached hydrogens (tertiary/aromatic N) is 2. The van der Waals surface area contributed by atoms with E-state index >= 15 is 0 Å². The van der Waals surface area contributed by atoms with E-state index in [9.17, 15) is 0 Å². The summed E-state index contributed by atoms with van der Waals surface area (Å²) in [5, 5.41) is 9.09. The lowest BCUT2D eigenvalue weighted by atomic mass is 9.82. The summed E-state index contributed by atoms with van der Waals surface area (Å²) in [7, 11) is 1.83. The molecule has 1 aliphatic carbocycles. The van der Waals surface area contributed by atoms with Crippen LogP contribution < -0.4 is 0 Å². The third-order valence-corrected chi connectivity index (χ3v) is 3.34. The van der Waals surface area contributed by atoms with Crippen LogP contribution in [0.3, 0.4) is 0 Å². The lowest BCUT2D eigenvalue weighted by molar-refractivity contribution is 0.180. The molecule has 0 aromatic carbocycles. The minimum atomic E-state index is 0.338. The molecule has 0 amide bonds. The van der Waals surface area contributed by atoms with Crippen molar-refractivity contribution in [2.45, 2.75) is 45.4 Å². The monoisotopic (exact) mass is 224 g/mol. The van der Waals surface area contributed by atoms with Gasteiger partial charge in [0.1, 0.15) is 5.84 Å². The van der Waals surface area contributed by atoms with Gasteiger partial charge in [-0.05, 0) is 38.0 Å². The molecule has 1 rings (SSSR count). The van der Waals surface area contributed by atoms with Gasteiger partial charge in [-0.3, -0.25) is 4.99 Å². The highest BCUT2D eigenvalue weighted by Gasteiger charge is 2.23. The molecule has 0 bridgehead atoms. The maximum Gasteiger partial charge on any atom is 0.125 e. The Bertz CT molecular complexity index is 240. The number of aliphatic imine (C=N–C) groups is 2. The van der Waals surface area contributed by atoms with Gasteiger partial charge in [-0.15, -0.1) is 0 Å². The molecule has 0 radical (unpaired) electrons. The predicted molar refractivity (Wildman–Crippen MR) is 69.3 cm³/mol. The van der Waals surface area contributed by atoms with E-state index < -0.39 is 0 Å². The minimum Gasteiger partial charge on any atom is -0.396 e. The molecule has 0 aromatic rings. The Morgan fingerprint density at radius 1 is 1.31 bits per heavy atom. The first kappa shape index (κ1) is 13.4. The molecule has 1 fully saturated rings. The Labute approximate surface area is 98.7 Å². The second-order valence-corrected chi connectivity index (χ2v) is 4.58. The second-order valence-electron chi connectivity index (χ2n) is 4.58. The van der Waals surface area contributed by atoms with Crippen LogP contribution in [0.15, 0.2) is 9.98 Å². The zero-order valence-electron chi connectivity index (χ0n) is 10.5. The zero-order chi connectivity index (χ0) is 11.8. The molecule has 0 aromatic heterocycles. The topological polar surface area (TPSA) is 45.0 Å². The van der Waals surface area contributed by atoms with Crippen molar-refractivity contribution in [3.63, 3.8) is 0 Å². The van der Waals surface area contributed by atoms with E-state index in [0.29, 0.717) is 18.4 Å². The van der Waals surface area contributed by atoms with Crippen LogP contribution in [0, 0.1) is 11.8 Å². The molecule has 1 N–H and O–H groups in total. The highest BCUT2D eigenvalue weighted by Crippen LogP contribution is 2.29. The summed E-state index contributed by atoms with van der Waals surface area (Å²) in [6, 6.07) is 0. The standard InChI is InChI=1S/C13H24N2O/c1-3-4-9-15-13(14-2)12-7-5-11(10-16)6-8-12/h9,11-12,16H,3-8,10H2,1-2H3. The fourth-order valence-corrected chi connectivity index (χ4v) is 2.24. The number of hydrogen-bond acceptors (Lipinski definition) is 2. The van der Waals surface area contributed by atoms with Crippen molar-refractivity contribution in [3.8, 4) is 0 Å². The molecule has 0 aliphatic heterocycles. The second kappa shape index (κ2) is 7.55. The van der Waals surface area contributed by atoms with Crippen molar-refractivity contribution in [2.24, 2.45) is 21.8 Å². The van der Waals surface area contributed by atoms with Crippen LogP contribution in [0.5, 0.6) is 0 Å². The van der Waals surface area contributed by atoms with Gasteiger partial charge in [-0.1, -0.05) is 13.3 Å². The lowest BCUT2D eigenvalue weighted by Crippen LogP contribution is -2.22. The fourth-order valence-electron chi connectivity index (χ4n) is 2.24. The third kappa shape index (κ3) is 4.05. The van der Waals surface area contributed by atoms with Crippen LogP contribution in [-0.4, -0.2) is 30.8 Å². The van der Waals surface area contributed by atoms with Crippen molar-refractivity contribution in [3.05, 3.63) is 0 Å². The Balaban J connectivity index is 2.43. The van der Waals surface area contributed by atoms with E-state index in [1.54, 1.807) is 0 Å². The van der Waals surface area contributed by atoms with Gasteiger partial charge in [-0.25, -0.2) is 4.99 Å². The fraction of sp³-hybridized carbons (Fsp3) is 0.846. The average Bonchev–Trinajstić information content (AvgIpc) is 2.35. The Morgan fingerprint density at radius 3 is 2.50 bits per heavy atom. The maximum atomic E-state index is 9.09. The Morgan fingerprint density at radius 2 is 2.00 bits per heavy atom. The molecule has 0 heterocycles. The summed E-state index contributed by atoms with van der Waals surface area (Å²) < 4.78 is 0. The van der Waals surface area contributed by atoms with E-state index in [-0.39, 0.29) is 0 Å². The van der Waals surface area contributed by atoms with E-state index in [2.05, 4.69) is 16.9 Å². The van der Waals surface area contributed by atoms with Gasteiger partial charge in [-0.2, -0.15) is 0 Å². The predicted octanol–water partition coefficient (Wildman–Crippen LogP) is 2.68. The molecule has 3 heteroatoms. The van der Waals surface area contributed by atoms with Crippen molar-refractivity contribution in [1.82, 2.24) is 0 Å². The molecule has 0 spiro atoms. The quantitative estimate of drug-likeness (QED) is 0.579. The molecular weight excluding hydrogens is 200 g/mol. The number of amidine groups is 1. The van der Waals surface area contributed by atoms with Gasteiger partial charge in [0, 0.05) is 25.8 Å². The normalized spacial score (nSPS) is 27.6. The minimum absolute atomic E-state index is 0.338. The molecule has 16 heavy (non-hydrogen) atoms. The van der Waals surface area contributed by atoms with Gasteiger partial charge < -0.3 is 5.11 Å². The van der Waals surface area contributed by atoms with Crippen molar-refractivity contribution >= 4 is 12.1 Å². The number of rotatable bonds is 4. The maximum absolute atomic E-state index is 9.09. The highest BCUT2D eigenvalue weighted by atomic mass is 16.3. The van der Waals surface area contributed by atoms with Crippen LogP contribution in [0.4, 0.5) is 0 Å². The summed E-state index contributed by atoms with van der Waals surface area (Å²) in [4.78, 5) is 8.76. The number of aliphatic hydroxyl groups is 1.